The molecule has 0 bridgehead atoms. The van der Waals surface area contributed by atoms with E-state index < -0.39 is 12.0 Å². The van der Waals surface area contributed by atoms with Gasteiger partial charge in [-0.1, -0.05) is 35.9 Å². The smallest absolute Gasteiger partial charge is 0.338 e. The predicted octanol–water partition coefficient (Wildman–Crippen LogP) is 3.09. The van der Waals surface area contributed by atoms with Gasteiger partial charge in [0.1, 0.15) is 6.61 Å². The molecule has 2 N–H and O–H groups in total. The van der Waals surface area contributed by atoms with Crippen LogP contribution in [-0.2, 0) is 9.53 Å². The molecule has 1 aliphatic heterocycles. The fraction of sp³-hybridized carbons (Fsp3) is 0.250. The van der Waals surface area contributed by atoms with Crippen LogP contribution < -0.4 is 10.6 Å². The number of amides is 2. The van der Waals surface area contributed by atoms with Crippen LogP contribution >= 0.6 is 11.6 Å². The highest BCUT2D eigenvalue weighted by atomic mass is 35.5. The van der Waals surface area contributed by atoms with Gasteiger partial charge in [0.2, 0.25) is 0 Å². The molecule has 0 saturated carbocycles. The SMILES string of the molecule is CC=CCOC(=O)C1=C(C)NC(=O)NC1c1ccc(Cl)cc1. The summed E-state index contributed by atoms with van der Waals surface area (Å²) in [5.41, 5.74) is 1.62. The molecule has 0 fully saturated rings. The van der Waals surface area contributed by atoms with Gasteiger partial charge in [-0.25, -0.2) is 9.59 Å². The Morgan fingerprint density at radius 1 is 1.36 bits per heavy atom. The van der Waals surface area contributed by atoms with Crippen molar-refractivity contribution in [3.05, 3.63) is 58.3 Å². The lowest BCUT2D eigenvalue weighted by atomic mass is 9.96. The average molecular weight is 321 g/mol. The number of ether oxygens (including phenoxy) is 1. The van der Waals surface area contributed by atoms with Gasteiger partial charge >= 0.3 is 12.0 Å². The lowest BCUT2D eigenvalue weighted by Gasteiger charge is -2.28. The van der Waals surface area contributed by atoms with Crippen LogP contribution in [0.4, 0.5) is 4.79 Å². The van der Waals surface area contributed by atoms with Gasteiger partial charge in [-0.05, 0) is 31.5 Å². The normalized spacial score (nSPS) is 18.1. The van der Waals surface area contributed by atoms with E-state index >= 15 is 0 Å². The summed E-state index contributed by atoms with van der Waals surface area (Å²) < 4.78 is 5.20. The Kier molecular flexibility index (Phi) is 5.22. The monoisotopic (exact) mass is 320 g/mol. The van der Waals surface area contributed by atoms with Crippen LogP contribution in [0, 0.1) is 0 Å². The van der Waals surface area contributed by atoms with Crippen LogP contribution in [0.25, 0.3) is 0 Å². The van der Waals surface area contributed by atoms with Crippen LogP contribution in [0.1, 0.15) is 25.5 Å². The first-order chi connectivity index (χ1) is 10.5. The number of benzene rings is 1. The second-order valence-electron chi connectivity index (χ2n) is 4.79. The molecular weight excluding hydrogens is 304 g/mol. The van der Waals surface area contributed by atoms with E-state index in [1.165, 1.54) is 0 Å². The molecule has 1 atom stereocenters. The van der Waals surface area contributed by atoms with Crippen molar-refractivity contribution in [3.8, 4) is 0 Å². The van der Waals surface area contributed by atoms with Gasteiger partial charge in [-0.3, -0.25) is 0 Å². The topological polar surface area (TPSA) is 67.4 Å². The zero-order valence-electron chi connectivity index (χ0n) is 12.4. The highest BCUT2D eigenvalue weighted by Gasteiger charge is 2.31. The van der Waals surface area contributed by atoms with Gasteiger partial charge in [0.05, 0.1) is 11.6 Å². The first-order valence-corrected chi connectivity index (χ1v) is 7.22. The largest absolute Gasteiger partial charge is 0.458 e. The Morgan fingerprint density at radius 3 is 2.68 bits per heavy atom. The Hall–Kier alpha value is -2.27. The molecule has 22 heavy (non-hydrogen) atoms. The molecule has 116 valence electrons. The Labute approximate surface area is 134 Å². The number of nitrogens with one attached hydrogen (secondary N) is 2. The number of hydrogen-bond donors (Lipinski definition) is 2. The highest BCUT2D eigenvalue weighted by molar-refractivity contribution is 6.30. The van der Waals surface area contributed by atoms with Crippen LogP contribution in [0.15, 0.2) is 47.7 Å². The maximum absolute atomic E-state index is 12.3. The summed E-state index contributed by atoms with van der Waals surface area (Å²) in [7, 11) is 0. The molecule has 1 aromatic carbocycles. The van der Waals surface area contributed by atoms with Gasteiger partial charge in [0.15, 0.2) is 0 Å². The second kappa shape index (κ2) is 7.13. The van der Waals surface area contributed by atoms with Crippen molar-refractivity contribution in [2.45, 2.75) is 19.9 Å². The molecule has 0 radical (unpaired) electrons. The van der Waals surface area contributed by atoms with Gasteiger partial charge in [-0.15, -0.1) is 0 Å². The molecular formula is C16H17ClN2O3. The lowest BCUT2D eigenvalue weighted by Crippen LogP contribution is -2.45. The number of esters is 1. The molecule has 2 rings (SSSR count). The number of urea groups is 1. The third kappa shape index (κ3) is 3.68. The van der Waals surface area contributed by atoms with Crippen molar-refractivity contribution in [2.24, 2.45) is 0 Å². The van der Waals surface area contributed by atoms with E-state index in [-0.39, 0.29) is 12.6 Å². The zero-order valence-corrected chi connectivity index (χ0v) is 13.1. The van der Waals surface area contributed by atoms with E-state index in [9.17, 15) is 9.59 Å². The summed E-state index contributed by atoms with van der Waals surface area (Å²) in [5.74, 6) is -0.469. The van der Waals surface area contributed by atoms with Crippen molar-refractivity contribution < 1.29 is 14.3 Å². The fourth-order valence-corrected chi connectivity index (χ4v) is 2.29. The first kappa shape index (κ1) is 16.1. The van der Waals surface area contributed by atoms with E-state index in [1.54, 1.807) is 43.3 Å². The maximum atomic E-state index is 12.3. The lowest BCUT2D eigenvalue weighted by molar-refractivity contribution is -0.138. The van der Waals surface area contributed by atoms with Crippen LogP contribution in [0.2, 0.25) is 5.02 Å². The quantitative estimate of drug-likeness (QED) is 0.661. The van der Waals surface area contributed by atoms with Crippen LogP contribution in [-0.4, -0.2) is 18.6 Å². The van der Waals surface area contributed by atoms with Crippen LogP contribution in [0.3, 0.4) is 0 Å². The van der Waals surface area contributed by atoms with E-state index in [4.69, 9.17) is 16.3 Å². The Balaban J connectivity index is 2.32. The first-order valence-electron chi connectivity index (χ1n) is 6.85. The predicted molar refractivity (Wildman–Crippen MR) is 84.3 cm³/mol. The molecule has 2 amide bonds. The number of hydrogen-bond acceptors (Lipinski definition) is 3. The van der Waals surface area contributed by atoms with Crippen molar-refractivity contribution in [1.29, 1.82) is 0 Å². The Morgan fingerprint density at radius 2 is 2.05 bits per heavy atom. The third-order valence-electron chi connectivity index (χ3n) is 3.24. The summed E-state index contributed by atoms with van der Waals surface area (Å²) in [6.45, 7) is 3.71. The second-order valence-corrected chi connectivity index (χ2v) is 5.23. The van der Waals surface area contributed by atoms with Crippen molar-refractivity contribution >= 4 is 23.6 Å². The summed E-state index contributed by atoms with van der Waals surface area (Å²) in [6, 6.07) is 6.04. The number of carbonyl (C=O) groups is 2. The van der Waals surface area contributed by atoms with E-state index in [1.807, 2.05) is 6.92 Å². The molecule has 6 heteroatoms. The van der Waals surface area contributed by atoms with Crippen molar-refractivity contribution in [2.75, 3.05) is 6.61 Å². The number of halogens is 1. The molecule has 1 aromatic rings. The minimum absolute atomic E-state index is 0.188. The average Bonchev–Trinajstić information content (AvgIpc) is 2.47. The van der Waals surface area contributed by atoms with Gasteiger partial charge in [0, 0.05) is 10.7 Å². The highest BCUT2D eigenvalue weighted by Crippen LogP contribution is 2.28. The summed E-state index contributed by atoms with van der Waals surface area (Å²) in [4.78, 5) is 24.0. The zero-order chi connectivity index (χ0) is 16.1. The molecule has 1 unspecified atom stereocenters. The summed E-state index contributed by atoms with van der Waals surface area (Å²) in [6.07, 6.45) is 3.53. The van der Waals surface area contributed by atoms with E-state index in [0.717, 1.165) is 5.56 Å². The van der Waals surface area contributed by atoms with E-state index in [0.29, 0.717) is 16.3 Å². The summed E-state index contributed by atoms with van der Waals surface area (Å²) in [5, 5.41) is 5.92. The molecule has 1 heterocycles. The van der Waals surface area contributed by atoms with Crippen LogP contribution in [0.5, 0.6) is 0 Å². The molecule has 1 aliphatic rings. The number of allylic oxidation sites excluding steroid dienone is 2. The fourth-order valence-electron chi connectivity index (χ4n) is 2.17. The maximum Gasteiger partial charge on any atom is 0.338 e. The molecule has 0 saturated heterocycles. The number of carbonyl (C=O) groups excluding carboxylic acids is 2. The summed E-state index contributed by atoms with van der Waals surface area (Å²) >= 11 is 5.88. The Bertz CT molecular complexity index is 635. The van der Waals surface area contributed by atoms with Crippen molar-refractivity contribution in [3.63, 3.8) is 0 Å². The molecule has 0 aliphatic carbocycles. The minimum atomic E-state index is -0.566. The van der Waals surface area contributed by atoms with Crippen molar-refractivity contribution in [1.82, 2.24) is 10.6 Å². The van der Waals surface area contributed by atoms with E-state index in [2.05, 4.69) is 10.6 Å². The molecule has 0 spiro atoms. The van der Waals surface area contributed by atoms with Gasteiger partial charge in [-0.2, -0.15) is 0 Å². The van der Waals surface area contributed by atoms with Gasteiger partial charge < -0.3 is 15.4 Å². The molecule has 0 aromatic heterocycles. The standard InChI is InChI=1S/C16H17ClN2O3/c1-3-4-9-22-15(20)13-10(2)18-16(21)19-14(13)11-5-7-12(17)8-6-11/h3-8,14H,9H2,1-2H3,(H2,18,19,21). The third-order valence-corrected chi connectivity index (χ3v) is 3.49. The van der Waals surface area contributed by atoms with Gasteiger partial charge in [0.25, 0.3) is 0 Å². The minimum Gasteiger partial charge on any atom is -0.458 e. The number of rotatable bonds is 4. The molecule has 5 nitrogen and oxygen atoms in total.